The van der Waals surface area contributed by atoms with Gasteiger partial charge in [0.05, 0.1) is 19.8 Å². The first-order valence-electron chi connectivity index (χ1n) is 12.9. The van der Waals surface area contributed by atoms with Crippen LogP contribution < -0.4 is 4.74 Å². The Hall–Kier alpha value is -3.23. The third-order valence-electron chi connectivity index (χ3n) is 7.24. The molecule has 2 aromatic carbocycles. The van der Waals surface area contributed by atoms with Crippen molar-refractivity contribution in [1.82, 2.24) is 9.88 Å². The largest absolute Gasteiger partial charge is 0.496 e. The van der Waals surface area contributed by atoms with Crippen LogP contribution in [0.3, 0.4) is 0 Å². The summed E-state index contributed by atoms with van der Waals surface area (Å²) >= 11 is 1.43. The molecule has 7 nitrogen and oxygen atoms in total. The van der Waals surface area contributed by atoms with E-state index in [0.717, 1.165) is 11.1 Å². The Kier molecular flexibility index (Phi) is 8.23. The lowest BCUT2D eigenvalue weighted by Gasteiger charge is -2.38. The Morgan fingerprint density at radius 2 is 1.92 bits per heavy atom. The monoisotopic (exact) mass is 536 g/mol. The predicted molar refractivity (Wildman–Crippen MR) is 148 cm³/mol. The van der Waals surface area contributed by atoms with E-state index in [1.54, 1.807) is 30.3 Å². The van der Waals surface area contributed by atoms with Gasteiger partial charge in [-0.25, -0.2) is 9.78 Å². The number of aromatic nitrogens is 1. The summed E-state index contributed by atoms with van der Waals surface area (Å²) in [6.45, 7) is 8.99. The number of thiazole rings is 1. The standard InChI is InChI=1S/C30H36N2O5S/c1-6-37-19-22-18-30(28(34)35,17-20-10-8-7-9-11-20)32(25(22)26-31-14-15-38-26)27(33)21-12-13-23(29(2,3)4)24(16-21)36-5/h7-16,22,25H,6,17-19H2,1-5H3,(H,34,35)/t22-,25-,30+/m1/s1. The zero-order chi connectivity index (χ0) is 27.5. The third-order valence-corrected chi connectivity index (χ3v) is 8.09. The fourth-order valence-corrected chi connectivity index (χ4v) is 6.31. The second-order valence-corrected chi connectivity index (χ2v) is 11.7. The average Bonchev–Trinajstić information content (AvgIpc) is 3.53. The van der Waals surface area contributed by atoms with Crippen molar-refractivity contribution in [2.75, 3.05) is 20.3 Å². The van der Waals surface area contributed by atoms with Gasteiger partial charge in [-0.15, -0.1) is 11.3 Å². The van der Waals surface area contributed by atoms with Crippen LogP contribution in [0.2, 0.25) is 0 Å². The lowest BCUT2D eigenvalue weighted by atomic mass is 9.84. The zero-order valence-electron chi connectivity index (χ0n) is 22.6. The maximum absolute atomic E-state index is 14.5. The Balaban J connectivity index is 1.89. The average molecular weight is 537 g/mol. The predicted octanol–water partition coefficient (Wildman–Crippen LogP) is 5.76. The van der Waals surface area contributed by atoms with Crippen LogP contribution in [-0.4, -0.2) is 52.7 Å². The van der Waals surface area contributed by atoms with Crippen LogP contribution >= 0.6 is 11.3 Å². The lowest BCUT2D eigenvalue weighted by Crippen LogP contribution is -2.55. The Morgan fingerprint density at radius 1 is 1.18 bits per heavy atom. The minimum absolute atomic E-state index is 0.177. The second-order valence-electron chi connectivity index (χ2n) is 10.8. The van der Waals surface area contributed by atoms with Gasteiger partial charge in [0.2, 0.25) is 0 Å². The van der Waals surface area contributed by atoms with E-state index in [1.807, 2.05) is 48.7 Å². The van der Waals surface area contributed by atoms with E-state index in [-0.39, 0.29) is 30.1 Å². The van der Waals surface area contributed by atoms with Gasteiger partial charge in [-0.2, -0.15) is 0 Å². The molecule has 1 saturated heterocycles. The number of hydrogen-bond donors (Lipinski definition) is 1. The summed E-state index contributed by atoms with van der Waals surface area (Å²) < 4.78 is 11.5. The van der Waals surface area contributed by atoms with Gasteiger partial charge in [0, 0.05) is 36.1 Å². The first-order chi connectivity index (χ1) is 18.1. The van der Waals surface area contributed by atoms with E-state index < -0.39 is 17.6 Å². The summed E-state index contributed by atoms with van der Waals surface area (Å²) in [6.07, 6.45) is 2.13. The zero-order valence-corrected chi connectivity index (χ0v) is 23.5. The molecule has 1 fully saturated rings. The van der Waals surface area contributed by atoms with Gasteiger partial charge < -0.3 is 19.5 Å². The summed E-state index contributed by atoms with van der Waals surface area (Å²) in [5.41, 5.74) is 0.532. The van der Waals surface area contributed by atoms with Crippen LogP contribution in [0.1, 0.15) is 66.7 Å². The number of hydrogen-bond acceptors (Lipinski definition) is 6. The normalized spacial score (nSPS) is 21.4. The second kappa shape index (κ2) is 11.3. The molecule has 0 spiro atoms. The van der Waals surface area contributed by atoms with E-state index >= 15 is 0 Å². The number of likely N-dealkylation sites (tertiary alicyclic amines) is 1. The molecule has 38 heavy (non-hydrogen) atoms. The number of methoxy groups -OCH3 is 1. The highest BCUT2D eigenvalue weighted by molar-refractivity contribution is 7.09. The van der Waals surface area contributed by atoms with E-state index in [4.69, 9.17) is 9.47 Å². The topological polar surface area (TPSA) is 89.0 Å². The number of carbonyl (C=O) groups excluding carboxylic acids is 1. The number of amides is 1. The van der Waals surface area contributed by atoms with Crippen LogP contribution in [0.4, 0.5) is 0 Å². The molecular weight excluding hydrogens is 500 g/mol. The van der Waals surface area contributed by atoms with Gasteiger partial charge in [-0.3, -0.25) is 4.79 Å². The number of carboxylic acids is 1. The number of benzene rings is 2. The number of aliphatic carboxylic acids is 1. The van der Waals surface area contributed by atoms with Gasteiger partial charge in [0.15, 0.2) is 0 Å². The molecule has 0 saturated carbocycles. The number of ether oxygens (including phenoxy) is 2. The summed E-state index contributed by atoms with van der Waals surface area (Å²) in [5, 5.41) is 13.4. The fraction of sp³-hybridized carbons (Fsp3) is 0.433. The molecule has 202 valence electrons. The van der Waals surface area contributed by atoms with Crippen LogP contribution in [0.5, 0.6) is 5.75 Å². The van der Waals surface area contributed by atoms with Crippen LogP contribution in [0, 0.1) is 5.92 Å². The Morgan fingerprint density at radius 3 is 2.50 bits per heavy atom. The molecule has 4 rings (SSSR count). The summed E-state index contributed by atoms with van der Waals surface area (Å²) in [6, 6.07) is 14.3. The number of carboxylic acid groups (broad SMARTS) is 1. The molecule has 1 aliphatic heterocycles. The van der Waals surface area contributed by atoms with Gasteiger partial charge in [0.25, 0.3) is 5.91 Å². The summed E-state index contributed by atoms with van der Waals surface area (Å²) in [5.74, 6) is -1.03. The molecule has 0 bridgehead atoms. The summed E-state index contributed by atoms with van der Waals surface area (Å²) in [7, 11) is 1.59. The van der Waals surface area contributed by atoms with Crippen molar-refractivity contribution in [3.05, 3.63) is 81.8 Å². The molecule has 3 atom stereocenters. The highest BCUT2D eigenvalue weighted by Gasteiger charge is 2.59. The van der Waals surface area contributed by atoms with Crippen molar-refractivity contribution in [3.8, 4) is 5.75 Å². The smallest absolute Gasteiger partial charge is 0.330 e. The van der Waals surface area contributed by atoms with Crippen molar-refractivity contribution in [2.45, 2.75) is 57.5 Å². The fourth-order valence-electron chi connectivity index (χ4n) is 5.49. The van der Waals surface area contributed by atoms with Crippen molar-refractivity contribution in [2.24, 2.45) is 5.92 Å². The lowest BCUT2D eigenvalue weighted by molar-refractivity contribution is -0.149. The van der Waals surface area contributed by atoms with Crippen LogP contribution in [0.15, 0.2) is 60.1 Å². The van der Waals surface area contributed by atoms with Crippen LogP contribution in [-0.2, 0) is 21.4 Å². The molecule has 2 heterocycles. The Bertz CT molecular complexity index is 1260. The molecule has 0 aliphatic carbocycles. The van der Waals surface area contributed by atoms with Crippen molar-refractivity contribution in [1.29, 1.82) is 0 Å². The van der Waals surface area contributed by atoms with Crippen molar-refractivity contribution < 1.29 is 24.2 Å². The van der Waals surface area contributed by atoms with E-state index in [0.29, 0.717) is 29.5 Å². The SMILES string of the molecule is CCOC[C@H]1C[C@@](Cc2ccccc2)(C(=O)O)N(C(=O)c2ccc(C(C)(C)C)c(OC)c2)[C@H]1c1nccs1. The highest BCUT2D eigenvalue weighted by Crippen LogP contribution is 2.50. The Labute approximate surface area is 228 Å². The molecular formula is C30H36N2O5S. The first kappa shape index (κ1) is 27.8. The molecule has 1 aliphatic rings. The number of carbonyl (C=O) groups is 2. The molecule has 1 aromatic heterocycles. The van der Waals surface area contributed by atoms with E-state index in [9.17, 15) is 14.7 Å². The molecule has 1 N–H and O–H groups in total. The number of nitrogens with zero attached hydrogens (tertiary/aromatic N) is 2. The van der Waals surface area contributed by atoms with E-state index in [1.165, 1.54) is 11.3 Å². The van der Waals surface area contributed by atoms with E-state index in [2.05, 4.69) is 25.8 Å². The minimum atomic E-state index is -1.48. The quantitative estimate of drug-likeness (QED) is 0.374. The summed E-state index contributed by atoms with van der Waals surface area (Å²) in [4.78, 5) is 33.8. The minimum Gasteiger partial charge on any atom is -0.496 e. The molecule has 0 radical (unpaired) electrons. The van der Waals surface area contributed by atoms with Crippen LogP contribution in [0.25, 0.3) is 0 Å². The third kappa shape index (κ3) is 5.33. The van der Waals surface area contributed by atoms with Crippen molar-refractivity contribution >= 4 is 23.2 Å². The molecule has 0 unspecified atom stereocenters. The maximum Gasteiger partial charge on any atom is 0.330 e. The first-order valence-corrected chi connectivity index (χ1v) is 13.8. The maximum atomic E-state index is 14.5. The van der Waals surface area contributed by atoms with Gasteiger partial charge in [0.1, 0.15) is 16.3 Å². The van der Waals surface area contributed by atoms with Gasteiger partial charge in [-0.1, -0.05) is 57.2 Å². The van der Waals surface area contributed by atoms with Gasteiger partial charge in [-0.05, 0) is 42.0 Å². The highest BCUT2D eigenvalue weighted by atomic mass is 32.1. The molecule has 1 amide bonds. The van der Waals surface area contributed by atoms with Gasteiger partial charge >= 0.3 is 5.97 Å². The molecule has 8 heteroatoms. The van der Waals surface area contributed by atoms with Crippen molar-refractivity contribution in [3.63, 3.8) is 0 Å². The number of rotatable bonds is 9. The molecule has 3 aromatic rings.